The lowest BCUT2D eigenvalue weighted by atomic mass is 10.2. The van der Waals surface area contributed by atoms with Crippen molar-refractivity contribution >= 4 is 51.9 Å². The third kappa shape index (κ3) is 4.55. The highest BCUT2D eigenvalue weighted by Gasteiger charge is 2.28. The molecule has 1 N–H and O–H groups in total. The summed E-state index contributed by atoms with van der Waals surface area (Å²) in [5.41, 5.74) is 0.781. The van der Waals surface area contributed by atoms with Crippen LogP contribution < -0.4 is 10.1 Å². The fourth-order valence-corrected chi connectivity index (χ4v) is 3.60. The van der Waals surface area contributed by atoms with Crippen LogP contribution in [-0.2, 0) is 9.59 Å². The van der Waals surface area contributed by atoms with Crippen LogP contribution in [0.2, 0.25) is 0 Å². The predicted octanol–water partition coefficient (Wildman–Crippen LogP) is 2.64. The molecule has 2 fully saturated rings. The Morgan fingerprint density at radius 3 is 2.50 bits per heavy atom. The number of rotatable bonds is 6. The van der Waals surface area contributed by atoms with Gasteiger partial charge in [0.25, 0.3) is 16.4 Å². The van der Waals surface area contributed by atoms with E-state index in [4.69, 9.17) is 4.74 Å². The standard InChI is InChI=1S/C17H14N2O5S2/c20-14-10-25-17(23)19(14)7-1-2-8-24-12-5-3-11(4-6-12)9-13-15(21)18-16(22)26-13/h1-6,9H,7-8,10H2,(H,18,21,22)/b2-1?,13-9-. The summed E-state index contributed by atoms with van der Waals surface area (Å²) >= 11 is 1.88. The third-order valence-electron chi connectivity index (χ3n) is 3.46. The van der Waals surface area contributed by atoms with E-state index in [1.165, 1.54) is 4.90 Å². The number of carbonyl (C=O) groups is 4. The average Bonchev–Trinajstić information content (AvgIpc) is 3.10. The van der Waals surface area contributed by atoms with Crippen molar-refractivity contribution in [3.63, 3.8) is 0 Å². The molecule has 0 unspecified atom stereocenters. The summed E-state index contributed by atoms with van der Waals surface area (Å²) < 4.78 is 5.55. The topological polar surface area (TPSA) is 92.8 Å². The molecule has 0 spiro atoms. The molecule has 0 saturated carbocycles. The minimum absolute atomic E-state index is 0.175. The average molecular weight is 390 g/mol. The summed E-state index contributed by atoms with van der Waals surface area (Å²) in [6.07, 6.45) is 5.09. The largest absolute Gasteiger partial charge is 0.490 e. The van der Waals surface area contributed by atoms with E-state index in [0.717, 1.165) is 29.1 Å². The minimum atomic E-state index is -0.390. The number of nitrogens with zero attached hydrogens (tertiary/aromatic N) is 1. The number of ether oxygens (including phenoxy) is 1. The second kappa shape index (κ2) is 8.24. The summed E-state index contributed by atoms with van der Waals surface area (Å²) in [5.74, 6) is 0.283. The van der Waals surface area contributed by atoms with Crippen LogP contribution >= 0.6 is 23.5 Å². The lowest BCUT2D eigenvalue weighted by molar-refractivity contribution is -0.124. The highest BCUT2D eigenvalue weighted by molar-refractivity contribution is 8.18. The first kappa shape index (κ1) is 18.3. The van der Waals surface area contributed by atoms with Crippen molar-refractivity contribution in [3.8, 4) is 5.75 Å². The number of imide groups is 2. The number of hydrogen-bond acceptors (Lipinski definition) is 7. The van der Waals surface area contributed by atoms with Gasteiger partial charge in [0, 0.05) is 6.54 Å². The molecule has 1 aromatic carbocycles. The van der Waals surface area contributed by atoms with Crippen molar-refractivity contribution in [2.45, 2.75) is 0 Å². The van der Waals surface area contributed by atoms with Crippen LogP contribution in [0.5, 0.6) is 5.75 Å². The molecule has 0 atom stereocenters. The smallest absolute Gasteiger partial charge is 0.290 e. The first-order chi connectivity index (χ1) is 12.5. The van der Waals surface area contributed by atoms with Gasteiger partial charge in [0.2, 0.25) is 5.91 Å². The van der Waals surface area contributed by atoms with Gasteiger partial charge in [-0.15, -0.1) is 0 Å². The van der Waals surface area contributed by atoms with Crippen molar-refractivity contribution in [1.29, 1.82) is 0 Å². The van der Waals surface area contributed by atoms with Crippen LogP contribution in [0.15, 0.2) is 41.3 Å². The minimum Gasteiger partial charge on any atom is -0.490 e. The summed E-state index contributed by atoms with van der Waals surface area (Å²) in [4.78, 5) is 47.0. The van der Waals surface area contributed by atoms with Crippen molar-refractivity contribution in [3.05, 3.63) is 46.9 Å². The molecule has 0 bridgehead atoms. The first-order valence-corrected chi connectivity index (χ1v) is 9.43. The summed E-state index contributed by atoms with van der Waals surface area (Å²) in [7, 11) is 0. The van der Waals surface area contributed by atoms with Crippen LogP contribution in [0.1, 0.15) is 5.56 Å². The van der Waals surface area contributed by atoms with Crippen molar-refractivity contribution in [2.75, 3.05) is 18.9 Å². The zero-order valence-electron chi connectivity index (χ0n) is 13.5. The Kier molecular flexibility index (Phi) is 5.79. The second-order valence-electron chi connectivity index (χ2n) is 5.26. The van der Waals surface area contributed by atoms with E-state index < -0.39 is 0 Å². The van der Waals surface area contributed by atoms with E-state index in [-0.39, 0.29) is 34.6 Å². The molecule has 7 nitrogen and oxygen atoms in total. The molecule has 1 aromatic rings. The van der Waals surface area contributed by atoms with E-state index in [2.05, 4.69) is 5.32 Å². The van der Waals surface area contributed by atoms with E-state index in [9.17, 15) is 19.2 Å². The van der Waals surface area contributed by atoms with Gasteiger partial charge in [0.1, 0.15) is 12.4 Å². The highest BCUT2D eigenvalue weighted by Crippen LogP contribution is 2.26. The maximum absolute atomic E-state index is 11.5. The molecule has 2 saturated heterocycles. The lowest BCUT2D eigenvalue weighted by Crippen LogP contribution is -2.28. The van der Waals surface area contributed by atoms with Crippen LogP contribution in [0, 0.1) is 0 Å². The monoisotopic (exact) mass is 390 g/mol. The molecule has 3 rings (SSSR count). The Morgan fingerprint density at radius 2 is 1.88 bits per heavy atom. The molecular weight excluding hydrogens is 376 g/mol. The zero-order chi connectivity index (χ0) is 18.5. The summed E-state index contributed by atoms with van der Waals surface area (Å²) in [5, 5.41) is 1.61. The van der Waals surface area contributed by atoms with Crippen LogP contribution in [-0.4, -0.2) is 46.1 Å². The number of hydrogen-bond donors (Lipinski definition) is 1. The summed E-state index contributed by atoms with van der Waals surface area (Å²) in [6, 6.07) is 7.07. The Balaban J connectivity index is 1.47. The van der Waals surface area contributed by atoms with Crippen molar-refractivity contribution < 1.29 is 23.9 Å². The van der Waals surface area contributed by atoms with Gasteiger partial charge in [-0.3, -0.25) is 29.4 Å². The maximum atomic E-state index is 11.5. The number of amides is 4. The number of benzene rings is 1. The van der Waals surface area contributed by atoms with Gasteiger partial charge in [-0.2, -0.15) is 0 Å². The van der Waals surface area contributed by atoms with Crippen LogP contribution in [0.4, 0.5) is 9.59 Å². The van der Waals surface area contributed by atoms with Gasteiger partial charge in [-0.25, -0.2) is 0 Å². The molecule has 0 aromatic heterocycles. The number of carbonyl (C=O) groups excluding carboxylic acids is 4. The fraction of sp³-hybridized carbons (Fsp3) is 0.176. The van der Waals surface area contributed by atoms with Crippen molar-refractivity contribution in [2.24, 2.45) is 0 Å². The lowest BCUT2D eigenvalue weighted by Gasteiger charge is -2.08. The van der Waals surface area contributed by atoms with Crippen LogP contribution in [0.3, 0.4) is 0 Å². The highest BCUT2D eigenvalue weighted by atomic mass is 32.2. The van der Waals surface area contributed by atoms with Crippen molar-refractivity contribution in [1.82, 2.24) is 10.2 Å². The Morgan fingerprint density at radius 1 is 1.12 bits per heavy atom. The molecule has 0 radical (unpaired) electrons. The van der Waals surface area contributed by atoms with E-state index in [1.807, 2.05) is 0 Å². The second-order valence-corrected chi connectivity index (χ2v) is 7.20. The number of nitrogens with one attached hydrogen (secondary N) is 1. The number of thioether (sulfide) groups is 2. The molecule has 2 aliphatic rings. The third-order valence-corrected chi connectivity index (χ3v) is 5.13. The summed E-state index contributed by atoms with van der Waals surface area (Å²) in [6.45, 7) is 0.551. The Hall–Kier alpha value is -2.52. The quantitative estimate of drug-likeness (QED) is 0.589. The normalized spacial score (nSPS) is 19.1. The van der Waals surface area contributed by atoms with E-state index >= 15 is 0 Å². The molecule has 0 aliphatic carbocycles. The van der Waals surface area contributed by atoms with Gasteiger partial charge < -0.3 is 4.74 Å². The SMILES string of the molecule is O=C1NC(=O)/C(=C/c2ccc(OCC=CCN3C(=O)CSC3=O)cc2)S1. The van der Waals surface area contributed by atoms with Gasteiger partial charge in [-0.05, 0) is 41.6 Å². The molecule has 2 heterocycles. The van der Waals surface area contributed by atoms with Gasteiger partial charge in [0.15, 0.2) is 0 Å². The fourth-order valence-electron chi connectivity index (χ4n) is 2.18. The Labute approximate surface area is 157 Å². The van der Waals surface area contributed by atoms with Gasteiger partial charge >= 0.3 is 0 Å². The molecular formula is C17H14N2O5S2. The molecule has 4 amide bonds. The van der Waals surface area contributed by atoms with E-state index in [0.29, 0.717) is 17.3 Å². The predicted molar refractivity (Wildman–Crippen MR) is 99.8 cm³/mol. The van der Waals surface area contributed by atoms with Gasteiger partial charge in [0.05, 0.1) is 10.7 Å². The Bertz CT molecular complexity index is 801. The molecule has 2 aliphatic heterocycles. The first-order valence-electron chi connectivity index (χ1n) is 7.63. The molecule has 26 heavy (non-hydrogen) atoms. The van der Waals surface area contributed by atoms with E-state index in [1.54, 1.807) is 42.5 Å². The molecule has 9 heteroatoms. The maximum Gasteiger partial charge on any atom is 0.290 e. The molecule has 134 valence electrons. The van der Waals surface area contributed by atoms with Crippen LogP contribution in [0.25, 0.3) is 6.08 Å². The van der Waals surface area contributed by atoms with Gasteiger partial charge in [-0.1, -0.05) is 30.0 Å². The zero-order valence-corrected chi connectivity index (χ0v) is 15.1.